The predicted molar refractivity (Wildman–Crippen MR) is 85.8 cm³/mol. The number of pyridine rings is 1. The first kappa shape index (κ1) is 13.1. The van der Waals surface area contributed by atoms with Gasteiger partial charge < -0.3 is 5.11 Å². The molecular formula is C17H15N3O. The van der Waals surface area contributed by atoms with Gasteiger partial charge in [-0.1, -0.05) is 29.8 Å². The number of hydrazone groups is 1. The maximum absolute atomic E-state index is 9.77. The molecule has 2 N–H and O–H groups in total. The second kappa shape index (κ2) is 5.63. The van der Waals surface area contributed by atoms with Crippen LogP contribution in [-0.2, 0) is 0 Å². The number of rotatable bonds is 3. The number of hydrogen-bond acceptors (Lipinski definition) is 4. The lowest BCUT2D eigenvalue weighted by Gasteiger charge is -2.04. The number of anilines is 1. The molecule has 3 aromatic rings. The molecule has 0 amide bonds. The molecule has 0 atom stereocenters. The van der Waals surface area contributed by atoms with Crippen LogP contribution in [0.2, 0.25) is 0 Å². The molecule has 1 heterocycles. The van der Waals surface area contributed by atoms with E-state index in [1.807, 2.05) is 49.4 Å². The van der Waals surface area contributed by atoms with Crippen molar-refractivity contribution in [2.24, 2.45) is 5.10 Å². The van der Waals surface area contributed by atoms with Crippen molar-refractivity contribution in [3.8, 4) is 5.75 Å². The first-order valence-electron chi connectivity index (χ1n) is 6.66. The Labute approximate surface area is 122 Å². The molecule has 0 fully saturated rings. The van der Waals surface area contributed by atoms with Gasteiger partial charge in [0.1, 0.15) is 5.75 Å². The second-order valence-corrected chi connectivity index (χ2v) is 4.81. The van der Waals surface area contributed by atoms with Gasteiger partial charge in [0, 0.05) is 17.1 Å². The Morgan fingerprint density at radius 1 is 1.14 bits per heavy atom. The van der Waals surface area contributed by atoms with Crippen LogP contribution in [0.1, 0.15) is 11.1 Å². The third-order valence-corrected chi connectivity index (χ3v) is 3.20. The lowest BCUT2D eigenvalue weighted by atomic mass is 10.1. The third-order valence-electron chi connectivity index (χ3n) is 3.20. The SMILES string of the molecule is Cc1ccc(O)c(/C=N/Nc2cccc3cccnc23)c1. The zero-order valence-corrected chi connectivity index (χ0v) is 11.6. The Balaban J connectivity index is 1.86. The van der Waals surface area contributed by atoms with E-state index in [1.54, 1.807) is 18.5 Å². The van der Waals surface area contributed by atoms with Gasteiger partial charge in [0.05, 0.1) is 17.4 Å². The molecule has 0 radical (unpaired) electrons. The summed E-state index contributed by atoms with van der Waals surface area (Å²) in [4.78, 5) is 4.35. The molecule has 0 bridgehead atoms. The van der Waals surface area contributed by atoms with Gasteiger partial charge in [-0.05, 0) is 31.2 Å². The number of para-hydroxylation sites is 1. The van der Waals surface area contributed by atoms with Crippen LogP contribution in [0, 0.1) is 6.92 Å². The van der Waals surface area contributed by atoms with Gasteiger partial charge in [0.15, 0.2) is 0 Å². The van der Waals surface area contributed by atoms with Crippen molar-refractivity contribution in [3.05, 3.63) is 65.9 Å². The molecular weight excluding hydrogens is 262 g/mol. The first-order valence-corrected chi connectivity index (χ1v) is 6.66. The van der Waals surface area contributed by atoms with Crippen molar-refractivity contribution in [1.29, 1.82) is 0 Å². The molecule has 0 aliphatic carbocycles. The molecule has 0 saturated carbocycles. The largest absolute Gasteiger partial charge is 0.507 e. The van der Waals surface area contributed by atoms with Crippen molar-refractivity contribution in [2.45, 2.75) is 6.92 Å². The van der Waals surface area contributed by atoms with E-state index in [0.29, 0.717) is 5.56 Å². The second-order valence-electron chi connectivity index (χ2n) is 4.81. The maximum atomic E-state index is 9.77. The molecule has 0 unspecified atom stereocenters. The number of benzene rings is 2. The molecule has 0 saturated heterocycles. The molecule has 2 aromatic carbocycles. The van der Waals surface area contributed by atoms with E-state index in [2.05, 4.69) is 15.5 Å². The Hall–Kier alpha value is -2.88. The van der Waals surface area contributed by atoms with Gasteiger partial charge in [-0.15, -0.1) is 0 Å². The van der Waals surface area contributed by atoms with E-state index >= 15 is 0 Å². The lowest BCUT2D eigenvalue weighted by molar-refractivity contribution is 0.474. The number of phenolic OH excluding ortho intramolecular Hbond substituents is 1. The summed E-state index contributed by atoms with van der Waals surface area (Å²) >= 11 is 0. The number of nitrogens with one attached hydrogen (secondary N) is 1. The van der Waals surface area contributed by atoms with Crippen molar-refractivity contribution in [3.63, 3.8) is 0 Å². The number of aryl methyl sites for hydroxylation is 1. The van der Waals surface area contributed by atoms with Crippen LogP contribution in [-0.4, -0.2) is 16.3 Å². The highest BCUT2D eigenvalue weighted by molar-refractivity contribution is 5.91. The minimum Gasteiger partial charge on any atom is -0.507 e. The topological polar surface area (TPSA) is 57.5 Å². The highest BCUT2D eigenvalue weighted by atomic mass is 16.3. The monoisotopic (exact) mass is 277 g/mol. The van der Waals surface area contributed by atoms with E-state index in [-0.39, 0.29) is 5.75 Å². The number of phenols is 1. The Morgan fingerprint density at radius 3 is 2.90 bits per heavy atom. The van der Waals surface area contributed by atoms with Gasteiger partial charge in [-0.25, -0.2) is 0 Å². The first-order chi connectivity index (χ1) is 10.2. The molecule has 0 aliphatic rings. The zero-order valence-electron chi connectivity index (χ0n) is 11.6. The van der Waals surface area contributed by atoms with Gasteiger partial charge >= 0.3 is 0 Å². The summed E-state index contributed by atoms with van der Waals surface area (Å²) < 4.78 is 0. The van der Waals surface area contributed by atoms with Crippen LogP contribution in [0.25, 0.3) is 10.9 Å². The highest BCUT2D eigenvalue weighted by Gasteiger charge is 2.00. The smallest absolute Gasteiger partial charge is 0.124 e. The molecule has 4 heteroatoms. The quantitative estimate of drug-likeness (QED) is 0.567. The minimum absolute atomic E-state index is 0.210. The number of nitrogens with zero attached hydrogens (tertiary/aromatic N) is 2. The standard InChI is InChI=1S/C17H15N3O/c1-12-7-8-16(21)14(10-12)11-19-20-15-6-2-4-13-5-3-9-18-17(13)15/h2-11,20-21H,1H3/b19-11+. The van der Waals surface area contributed by atoms with Crippen LogP contribution in [0.15, 0.2) is 59.8 Å². The van der Waals surface area contributed by atoms with Crippen LogP contribution < -0.4 is 5.43 Å². The summed E-state index contributed by atoms with van der Waals surface area (Å²) in [7, 11) is 0. The summed E-state index contributed by atoms with van der Waals surface area (Å²) in [6.07, 6.45) is 3.35. The number of fused-ring (bicyclic) bond motifs is 1. The van der Waals surface area contributed by atoms with Gasteiger partial charge in [0.2, 0.25) is 0 Å². The molecule has 3 rings (SSSR count). The third kappa shape index (κ3) is 2.84. The van der Waals surface area contributed by atoms with Gasteiger partial charge in [-0.3, -0.25) is 10.4 Å². The summed E-state index contributed by atoms with van der Waals surface area (Å²) in [6, 6.07) is 15.2. The summed E-state index contributed by atoms with van der Waals surface area (Å²) in [5, 5.41) is 15.0. The number of aromatic hydroxyl groups is 1. The summed E-state index contributed by atoms with van der Waals surface area (Å²) in [6.45, 7) is 1.97. The van der Waals surface area contributed by atoms with Gasteiger partial charge in [-0.2, -0.15) is 5.10 Å². The van der Waals surface area contributed by atoms with E-state index < -0.39 is 0 Å². The maximum Gasteiger partial charge on any atom is 0.124 e. The van der Waals surface area contributed by atoms with Crippen LogP contribution >= 0.6 is 0 Å². The molecule has 104 valence electrons. The number of aromatic nitrogens is 1. The fourth-order valence-corrected chi connectivity index (χ4v) is 2.14. The van der Waals surface area contributed by atoms with Crippen molar-refractivity contribution >= 4 is 22.8 Å². The van der Waals surface area contributed by atoms with Crippen LogP contribution in [0.5, 0.6) is 5.75 Å². The van der Waals surface area contributed by atoms with Crippen LogP contribution in [0.3, 0.4) is 0 Å². The highest BCUT2D eigenvalue weighted by Crippen LogP contribution is 2.21. The van der Waals surface area contributed by atoms with Crippen molar-refractivity contribution < 1.29 is 5.11 Å². The van der Waals surface area contributed by atoms with Gasteiger partial charge in [0.25, 0.3) is 0 Å². The zero-order chi connectivity index (χ0) is 14.7. The van der Waals surface area contributed by atoms with Crippen molar-refractivity contribution in [1.82, 2.24) is 4.98 Å². The van der Waals surface area contributed by atoms with E-state index in [9.17, 15) is 5.11 Å². The fraction of sp³-hybridized carbons (Fsp3) is 0.0588. The lowest BCUT2D eigenvalue weighted by Crippen LogP contribution is -1.93. The summed E-state index contributed by atoms with van der Waals surface area (Å²) in [5.74, 6) is 0.210. The number of hydrogen-bond donors (Lipinski definition) is 2. The van der Waals surface area contributed by atoms with E-state index in [1.165, 1.54) is 0 Å². The predicted octanol–water partition coefficient (Wildman–Crippen LogP) is 3.69. The average Bonchev–Trinajstić information content (AvgIpc) is 2.51. The molecule has 0 spiro atoms. The van der Waals surface area contributed by atoms with E-state index in [4.69, 9.17) is 0 Å². The normalized spacial score (nSPS) is 11.1. The molecule has 1 aromatic heterocycles. The van der Waals surface area contributed by atoms with Crippen LogP contribution in [0.4, 0.5) is 5.69 Å². The fourth-order valence-electron chi connectivity index (χ4n) is 2.14. The Bertz CT molecular complexity index is 807. The Kier molecular flexibility index (Phi) is 3.51. The average molecular weight is 277 g/mol. The minimum atomic E-state index is 0.210. The molecule has 21 heavy (non-hydrogen) atoms. The molecule has 0 aliphatic heterocycles. The molecule has 4 nitrogen and oxygen atoms in total. The van der Waals surface area contributed by atoms with E-state index in [0.717, 1.165) is 22.2 Å². The summed E-state index contributed by atoms with van der Waals surface area (Å²) in [5.41, 5.74) is 6.42. The van der Waals surface area contributed by atoms with Crippen molar-refractivity contribution in [2.75, 3.05) is 5.43 Å². The Morgan fingerprint density at radius 2 is 2.00 bits per heavy atom.